The molecule has 29 heteroatoms. The van der Waals surface area contributed by atoms with Gasteiger partial charge in [0.05, 0.1) is 50.0 Å². The van der Waals surface area contributed by atoms with Gasteiger partial charge in [-0.25, -0.2) is 23.1 Å². The number of sulfonamides is 1. The van der Waals surface area contributed by atoms with Crippen LogP contribution < -0.4 is 25.4 Å². The number of hydrogen-bond acceptors (Lipinski definition) is 23. The summed E-state index contributed by atoms with van der Waals surface area (Å²) in [6, 6.07) is 24.9. The number of unbranched alkanes of at least 4 members (excludes halogenated alkanes) is 1. The average molecular weight is 2060 g/mol. The van der Waals surface area contributed by atoms with Gasteiger partial charge in [0.1, 0.15) is 17.7 Å². The van der Waals surface area contributed by atoms with Gasteiger partial charge in [0, 0.05) is 130 Å². The number of aliphatic hydroxyl groups is 2. The summed E-state index contributed by atoms with van der Waals surface area (Å²) in [7, 11) is 7.34. The third kappa shape index (κ3) is 110. The van der Waals surface area contributed by atoms with Gasteiger partial charge in [0.25, 0.3) is 5.91 Å². The third-order valence-electron chi connectivity index (χ3n) is 21.2. The van der Waals surface area contributed by atoms with E-state index >= 15 is 0 Å². The molecule has 1 unspecified atom stereocenters. The van der Waals surface area contributed by atoms with Crippen molar-refractivity contribution in [1.29, 1.82) is 0 Å². The minimum Gasteiger partial charge on any atom is -0.478 e. The second-order valence-electron chi connectivity index (χ2n) is 37.8. The first-order valence-electron chi connectivity index (χ1n) is 52.9. The first-order chi connectivity index (χ1) is 68.7. The lowest BCUT2D eigenvalue weighted by Gasteiger charge is -2.25. The lowest BCUT2D eigenvalue weighted by atomic mass is 10.1. The molecule has 12 aliphatic heterocycles. The molecule has 6 fully saturated rings. The molecule has 0 aliphatic carbocycles. The monoisotopic (exact) mass is 2050 g/mol. The molecule has 15 heterocycles. The van der Waals surface area contributed by atoms with Crippen molar-refractivity contribution in [3.8, 4) is 18.2 Å². The molecule has 0 spiro atoms. The number of hydrogen-bond donors (Lipinski definition) is 6. The molecule has 143 heavy (non-hydrogen) atoms. The Labute approximate surface area is 877 Å². The molecule has 0 bridgehead atoms. The molecular formula is C114H199N13O13S3. The summed E-state index contributed by atoms with van der Waals surface area (Å²) in [4.78, 5) is 67.4. The first kappa shape index (κ1) is 140. The van der Waals surface area contributed by atoms with Crippen LogP contribution in [-0.4, -0.2) is 317 Å². The van der Waals surface area contributed by atoms with Crippen molar-refractivity contribution < 1.29 is 61.0 Å². The number of allylic oxidation sites excluding steroid dienone is 2. The van der Waals surface area contributed by atoms with Gasteiger partial charge >= 0.3 is 0 Å². The van der Waals surface area contributed by atoms with Crippen LogP contribution >= 0.6 is 11.8 Å². The minimum absolute atomic E-state index is 0.0828. The Morgan fingerprint density at radius 3 is 1.42 bits per heavy atom. The van der Waals surface area contributed by atoms with E-state index in [0.717, 1.165) is 161 Å². The molecule has 6 saturated heterocycles. The second-order valence-corrected chi connectivity index (χ2v) is 42.4. The molecule has 1 aromatic carbocycles. The maximum atomic E-state index is 11.5. The Kier molecular flexibility index (Phi) is 98.1. The van der Waals surface area contributed by atoms with Crippen LogP contribution in [0.2, 0.25) is 0 Å². The fraction of sp³-hybridized carbons (Fsp3) is 0.658. The number of benzene rings is 1. The highest BCUT2D eigenvalue weighted by Crippen LogP contribution is 2.14. The van der Waals surface area contributed by atoms with Crippen molar-refractivity contribution in [3.63, 3.8) is 0 Å². The molecule has 3 aromatic heterocycles. The Hall–Kier alpha value is -7.48. The molecule has 16 rings (SSSR count). The zero-order chi connectivity index (χ0) is 107. The van der Waals surface area contributed by atoms with Gasteiger partial charge in [-0.3, -0.25) is 23.6 Å². The summed E-state index contributed by atoms with van der Waals surface area (Å²) in [6.07, 6.45) is 73.0. The Balaban J connectivity index is -0.00000145. The summed E-state index contributed by atoms with van der Waals surface area (Å²) < 4.78 is 54.2. The van der Waals surface area contributed by atoms with Crippen molar-refractivity contribution in [2.75, 3.05) is 214 Å². The molecular weight excluding hydrogens is 1860 g/mol. The number of anilines is 1. The highest BCUT2D eigenvalue weighted by atomic mass is 32.2. The van der Waals surface area contributed by atoms with E-state index in [1.54, 1.807) is 76.7 Å². The summed E-state index contributed by atoms with van der Waals surface area (Å²) in [5, 5.41) is 26.0. The quantitative estimate of drug-likeness (QED) is 0.0314. The number of aldehydes is 1. The molecule has 6 N–H and O–H groups in total. The van der Waals surface area contributed by atoms with Crippen molar-refractivity contribution >= 4 is 62.9 Å². The SMILES string of the molecule is C#CC(C)(C)O.C1=CCNCC1.C1=CCOCC1.C1=CCOCC1.C1=CCSCC1.C1CCOCC1.CC(=O)Nc1ccccn1.CC(C)(C)NC(=O)c1cccnc1.CCC(C)(C)O.CCCN(C)C.CCOc1ccccn1.CCc1ccccc1.CN1CC=CCC1.CN1CCCCC1.CN1CCCCC1.O=CCCCN1CCCCC1.O=CN1CCCCC1.O=S1(=O)CCCCN1.O=S1CC=CCC1. The van der Waals surface area contributed by atoms with E-state index in [2.05, 4.69) is 194 Å². The third-order valence-corrected chi connectivity index (χ3v) is 24.9. The van der Waals surface area contributed by atoms with Gasteiger partial charge in [-0.1, -0.05) is 161 Å². The van der Waals surface area contributed by atoms with Gasteiger partial charge in [0.2, 0.25) is 28.2 Å². The number of ether oxygens (including phenoxy) is 4. The van der Waals surface area contributed by atoms with Crippen molar-refractivity contribution in [2.24, 2.45) is 0 Å². The molecule has 26 nitrogen and oxygen atoms in total. The Morgan fingerprint density at radius 1 is 0.601 bits per heavy atom. The number of thioether (sulfide) groups is 1. The largest absolute Gasteiger partial charge is 0.478 e. The van der Waals surface area contributed by atoms with Crippen molar-refractivity contribution in [2.45, 2.75) is 280 Å². The van der Waals surface area contributed by atoms with Crippen LogP contribution in [0.3, 0.4) is 0 Å². The lowest BCUT2D eigenvalue weighted by Crippen LogP contribution is -2.40. The maximum absolute atomic E-state index is 11.5. The van der Waals surface area contributed by atoms with Crippen LogP contribution in [0.15, 0.2) is 177 Å². The van der Waals surface area contributed by atoms with Crippen LogP contribution in [0.5, 0.6) is 5.88 Å². The molecule has 1 atom stereocenters. The number of aromatic nitrogens is 3. The van der Waals surface area contributed by atoms with E-state index in [-0.39, 0.29) is 17.4 Å². The molecule has 816 valence electrons. The number of rotatable bonds is 13. The number of terminal acetylenes is 1. The number of likely N-dealkylation sites (N-methyl/N-ethyl adjacent to an activating group) is 1. The zero-order valence-electron chi connectivity index (χ0n) is 92.0. The number of nitrogens with one attached hydrogen (secondary N) is 4. The number of amides is 3. The lowest BCUT2D eigenvalue weighted by molar-refractivity contribution is -0.119. The Bertz CT molecular complexity index is 3730. The van der Waals surface area contributed by atoms with Crippen LogP contribution in [0.4, 0.5) is 5.82 Å². The highest BCUT2D eigenvalue weighted by Gasteiger charge is 2.17. The zero-order valence-corrected chi connectivity index (χ0v) is 94.5. The normalized spacial score (nSPS) is 18.0. The summed E-state index contributed by atoms with van der Waals surface area (Å²) in [5.41, 5.74) is 0.414. The number of carbonyl (C=O) groups excluding carboxylic acids is 4. The van der Waals surface area contributed by atoms with E-state index in [4.69, 9.17) is 35.6 Å². The average Bonchev–Trinajstić information content (AvgIpc) is 0.887. The smallest absolute Gasteiger partial charge is 0.253 e. The second kappa shape index (κ2) is 100. The number of pyridine rings is 3. The summed E-state index contributed by atoms with van der Waals surface area (Å²) >= 11 is 2.01. The molecule has 0 radical (unpaired) electrons. The van der Waals surface area contributed by atoms with Crippen molar-refractivity contribution in [3.05, 3.63) is 188 Å². The number of carbonyl (C=O) groups is 4. The number of piperidine rings is 4. The summed E-state index contributed by atoms with van der Waals surface area (Å²) in [6.45, 7) is 45.7. The fourth-order valence-electron chi connectivity index (χ4n) is 12.8. The topological polar surface area (TPSA) is 303 Å². The molecule has 12 aliphatic rings. The van der Waals surface area contributed by atoms with Gasteiger partial charge < -0.3 is 79.3 Å². The molecule has 0 saturated carbocycles. The minimum atomic E-state index is -2.83. The van der Waals surface area contributed by atoms with Gasteiger partial charge in [0.15, 0.2) is 0 Å². The molecule has 4 aromatic rings. The summed E-state index contributed by atoms with van der Waals surface area (Å²) in [5.74, 6) is 7.79. The van der Waals surface area contributed by atoms with Crippen LogP contribution in [-0.2, 0) is 55.8 Å². The van der Waals surface area contributed by atoms with E-state index in [1.165, 1.54) is 198 Å². The fourth-order valence-corrected chi connectivity index (χ4v) is 15.6. The van der Waals surface area contributed by atoms with Gasteiger partial charge in [-0.2, -0.15) is 11.8 Å². The van der Waals surface area contributed by atoms with E-state index in [1.807, 2.05) is 99.8 Å². The van der Waals surface area contributed by atoms with E-state index < -0.39 is 32.0 Å². The van der Waals surface area contributed by atoms with Gasteiger partial charge in [-0.15, -0.1) is 6.42 Å². The highest BCUT2D eigenvalue weighted by molar-refractivity contribution is 7.99. The Morgan fingerprint density at radius 2 is 1.15 bits per heavy atom. The van der Waals surface area contributed by atoms with Gasteiger partial charge in [-0.05, 0) is 345 Å². The predicted octanol–water partition coefficient (Wildman–Crippen LogP) is 19.8. The standard InChI is InChI=1S/C10H14N2O.C9H17NO.C8H10.C7H8N2O.C7H9NO.C6H11NO.2C6H13N.C6H11N.C5H9N.C5H13N.C5H8OS.C5H10O.2C5H8O.C5H12O.C5H8O.C5H8S.C4H9NO2S/c1-10(2,3)12-9(13)8-5-4-6-11-7-8;11-9-5-4-8-10-6-2-1-3-7-10;1-2-8-6-4-3-5-7-8;1-6(10)9-7-4-2-3-5-8-7;1-2-9-7-5-3-4-6-8-7;8-6-7-4-2-1-3-5-7;3*1-7-5-3-2-4-6-7;1-2-4-6-5-3-1;1-4-5-6(2)3;6-7-4-2-1-3-5-7;3*1-2-4-6-5-3-1;2*1-4-5(2,3)6;1-2-4-6-5-3-1;6-8(7)4-2-1-3-5-8/h4-7H,1-3H3,(H,12,13);9H,1-8H2;3-7H,2H2,1H3;2-5H,1H3,(H,8,9,10);3-6H,2H2,1H3;6H,1-5H2;2*2-6H2,1H3;2-3H,4-6H2,1H3;1-2,6H,3-5H2;4-5H2,1-3H3;1-2H,3-5H2;1-5H2;2*1-2H,3-5H2;6H,4H2,1-3H3;1,6H,2-3H3;1-2H,3-5H2;5H,1-4H2. The maximum Gasteiger partial charge on any atom is 0.253 e. The number of aryl methyl sites for hydroxylation is 1. The first-order valence-corrected chi connectivity index (χ1v) is 57.2. The number of likely N-dealkylation sites (tertiary alicyclic amines) is 4. The molecule has 3 amide bonds. The van der Waals surface area contributed by atoms with Crippen LogP contribution in [0.1, 0.15) is 272 Å². The number of nitrogens with zero attached hydrogens (tertiary/aromatic N) is 9. The van der Waals surface area contributed by atoms with E-state index in [9.17, 15) is 31.8 Å². The van der Waals surface area contributed by atoms with Crippen LogP contribution in [0.25, 0.3) is 0 Å². The van der Waals surface area contributed by atoms with Crippen molar-refractivity contribution in [1.82, 2.24) is 59.7 Å². The van der Waals surface area contributed by atoms with E-state index in [0.29, 0.717) is 36.2 Å². The van der Waals surface area contributed by atoms with Crippen LogP contribution in [0, 0.1) is 12.3 Å². The predicted molar refractivity (Wildman–Crippen MR) is 607 cm³/mol.